The van der Waals surface area contributed by atoms with Gasteiger partial charge in [-0.15, -0.1) is 0 Å². The highest BCUT2D eigenvalue weighted by Crippen LogP contribution is 1.91. The molecule has 6 nitrogen and oxygen atoms in total. The van der Waals surface area contributed by atoms with E-state index in [4.69, 9.17) is 0 Å². The summed E-state index contributed by atoms with van der Waals surface area (Å²) in [4.78, 5) is 0. The molecule has 0 saturated carbocycles. The van der Waals surface area contributed by atoms with Crippen LogP contribution in [0.1, 0.15) is 12.8 Å². The highest BCUT2D eigenvalue weighted by Gasteiger charge is 1.87. The number of hydrogen-bond acceptors (Lipinski definition) is 6. The molecule has 80 valence electrons. The van der Waals surface area contributed by atoms with E-state index in [1.165, 1.54) is 6.42 Å². The van der Waals surface area contributed by atoms with Gasteiger partial charge in [0, 0.05) is 25.0 Å². The molecule has 3 rings (SSSR count). The van der Waals surface area contributed by atoms with Crippen molar-refractivity contribution in [1.29, 1.82) is 0 Å². The molecule has 15 heavy (non-hydrogen) atoms. The van der Waals surface area contributed by atoms with Gasteiger partial charge in [-0.3, -0.25) is 0 Å². The molecule has 3 aliphatic heterocycles. The lowest BCUT2D eigenvalue weighted by Gasteiger charge is -1.63. The topological polar surface area (TPSA) is 74.2 Å². The minimum Gasteiger partial charge on any atom is -0.194 e. The molecule has 0 amide bonds. The molecule has 0 aromatic carbocycles. The molecule has 0 aromatic heterocycles. The highest BCUT2D eigenvalue weighted by atomic mass is 15.2. The van der Waals surface area contributed by atoms with Gasteiger partial charge in [-0.05, 0) is 12.5 Å². The Balaban J connectivity index is 0.000000112. The molecule has 6 heteroatoms. The van der Waals surface area contributed by atoms with E-state index >= 15 is 0 Å². The number of rotatable bonds is 0. The summed E-state index contributed by atoms with van der Waals surface area (Å²) in [6, 6.07) is 0. The molecular formula is C9H14N6. The maximum Gasteiger partial charge on any atom is 0.0802 e. The van der Waals surface area contributed by atoms with E-state index in [0.717, 1.165) is 26.1 Å². The highest BCUT2D eigenvalue weighted by molar-refractivity contribution is 5.82. The van der Waals surface area contributed by atoms with Gasteiger partial charge in [-0.1, -0.05) is 0 Å². The third-order valence-corrected chi connectivity index (χ3v) is 1.50. The van der Waals surface area contributed by atoms with Gasteiger partial charge < -0.3 is 0 Å². The van der Waals surface area contributed by atoms with Crippen LogP contribution in [-0.2, 0) is 0 Å². The Labute approximate surface area is 88.6 Å². The van der Waals surface area contributed by atoms with Crippen LogP contribution in [-0.4, -0.2) is 32.1 Å². The van der Waals surface area contributed by atoms with Crippen molar-refractivity contribution in [3.05, 3.63) is 12.3 Å². The van der Waals surface area contributed by atoms with Crippen LogP contribution in [0.4, 0.5) is 0 Å². The quantitative estimate of drug-likeness (QED) is 0.583. The average molecular weight is 206 g/mol. The average Bonchev–Trinajstić information content (AvgIpc) is 3.09. The second kappa shape index (κ2) is 8.86. The fourth-order valence-electron chi connectivity index (χ4n) is 0.825. The maximum atomic E-state index is 3.71. The minimum absolute atomic E-state index is 0.778. The molecule has 0 spiro atoms. The second-order valence-corrected chi connectivity index (χ2v) is 2.74. The van der Waals surface area contributed by atoms with Crippen LogP contribution in [0.3, 0.4) is 0 Å². The standard InChI is InChI=1S/C3H6N2.2C3H4N2/c3*1-2-4-5-3-1/h1-3H2;2-3H,1H2;1-2H,3H2. The molecule has 0 aliphatic carbocycles. The van der Waals surface area contributed by atoms with Gasteiger partial charge in [0.15, 0.2) is 0 Å². The van der Waals surface area contributed by atoms with Gasteiger partial charge in [0.2, 0.25) is 0 Å². The fraction of sp³-hybridized carbons (Fsp3) is 0.556. The van der Waals surface area contributed by atoms with E-state index in [-0.39, 0.29) is 0 Å². The van der Waals surface area contributed by atoms with Crippen molar-refractivity contribution in [3.63, 3.8) is 0 Å². The minimum atomic E-state index is 0.778. The van der Waals surface area contributed by atoms with E-state index in [1.54, 1.807) is 18.6 Å². The summed E-state index contributed by atoms with van der Waals surface area (Å²) in [5.74, 6) is 0. The van der Waals surface area contributed by atoms with Crippen LogP contribution < -0.4 is 0 Å². The van der Waals surface area contributed by atoms with E-state index in [9.17, 15) is 0 Å². The van der Waals surface area contributed by atoms with Crippen molar-refractivity contribution in [2.24, 2.45) is 30.7 Å². The van der Waals surface area contributed by atoms with E-state index in [1.807, 2.05) is 6.08 Å². The lowest BCUT2D eigenvalue weighted by atomic mass is 10.5. The molecule has 0 fully saturated rings. The van der Waals surface area contributed by atoms with Gasteiger partial charge in [0.1, 0.15) is 0 Å². The molecule has 0 atom stereocenters. The molecule has 0 saturated heterocycles. The molecule has 0 unspecified atom stereocenters. The van der Waals surface area contributed by atoms with Gasteiger partial charge in [-0.25, -0.2) is 0 Å². The lowest BCUT2D eigenvalue weighted by Crippen LogP contribution is -1.68. The van der Waals surface area contributed by atoms with E-state index < -0.39 is 0 Å². The van der Waals surface area contributed by atoms with Gasteiger partial charge in [0.25, 0.3) is 0 Å². The van der Waals surface area contributed by atoms with Crippen LogP contribution in [0.5, 0.6) is 0 Å². The number of nitrogens with zero attached hydrogens (tertiary/aromatic N) is 6. The van der Waals surface area contributed by atoms with Crippen molar-refractivity contribution < 1.29 is 0 Å². The van der Waals surface area contributed by atoms with Crippen molar-refractivity contribution in [2.45, 2.75) is 12.8 Å². The SMILES string of the molecule is C1=CN=NC1.C1=NN=CC1.C1CN=NC1. The zero-order valence-corrected chi connectivity index (χ0v) is 8.53. The summed E-state index contributed by atoms with van der Waals surface area (Å²) in [6.45, 7) is 2.69. The predicted molar refractivity (Wildman–Crippen MR) is 59.7 cm³/mol. The first kappa shape index (κ1) is 11.4. The van der Waals surface area contributed by atoms with Gasteiger partial charge in [-0.2, -0.15) is 30.7 Å². The summed E-state index contributed by atoms with van der Waals surface area (Å²) in [6.07, 6.45) is 9.21. The van der Waals surface area contributed by atoms with Crippen LogP contribution in [0.2, 0.25) is 0 Å². The Morgan fingerprint density at radius 3 is 1.80 bits per heavy atom. The molecule has 0 bridgehead atoms. The Hall–Kier alpha value is -1.72. The zero-order valence-electron chi connectivity index (χ0n) is 8.53. The summed E-state index contributed by atoms with van der Waals surface area (Å²) in [7, 11) is 0. The zero-order chi connectivity index (χ0) is 10.6. The van der Waals surface area contributed by atoms with Crippen molar-refractivity contribution >= 4 is 12.4 Å². The molecule has 3 aliphatic rings. The molecule has 3 heterocycles. The molecule has 0 N–H and O–H groups in total. The third kappa shape index (κ3) is 7.36. The van der Waals surface area contributed by atoms with Gasteiger partial charge in [0.05, 0.1) is 19.6 Å². The smallest absolute Gasteiger partial charge is 0.0802 e. The van der Waals surface area contributed by atoms with Crippen LogP contribution in [0.25, 0.3) is 0 Å². The fourth-order valence-corrected chi connectivity index (χ4v) is 0.825. The number of hydrogen-bond donors (Lipinski definition) is 0. The monoisotopic (exact) mass is 206 g/mol. The van der Waals surface area contributed by atoms with Crippen molar-refractivity contribution in [1.82, 2.24) is 0 Å². The molecular weight excluding hydrogens is 192 g/mol. The predicted octanol–water partition coefficient (Wildman–Crippen LogP) is 2.25. The van der Waals surface area contributed by atoms with Crippen molar-refractivity contribution in [3.8, 4) is 0 Å². The van der Waals surface area contributed by atoms with E-state index in [2.05, 4.69) is 30.7 Å². The lowest BCUT2D eigenvalue weighted by molar-refractivity contribution is 0.979. The van der Waals surface area contributed by atoms with Crippen LogP contribution >= 0.6 is 0 Å². The van der Waals surface area contributed by atoms with Gasteiger partial charge >= 0.3 is 0 Å². The number of azo groups is 2. The summed E-state index contributed by atoms with van der Waals surface area (Å²) >= 11 is 0. The molecule has 0 radical (unpaired) electrons. The molecule has 0 aromatic rings. The maximum absolute atomic E-state index is 3.71. The normalized spacial score (nSPS) is 18.7. The Morgan fingerprint density at radius 1 is 0.867 bits per heavy atom. The Kier molecular flexibility index (Phi) is 6.71. The summed E-state index contributed by atoms with van der Waals surface area (Å²) in [5.41, 5.74) is 0. The first-order valence-corrected chi connectivity index (χ1v) is 4.88. The summed E-state index contributed by atoms with van der Waals surface area (Å²) < 4.78 is 0. The van der Waals surface area contributed by atoms with E-state index in [0.29, 0.717) is 0 Å². The first-order valence-electron chi connectivity index (χ1n) is 4.88. The largest absolute Gasteiger partial charge is 0.194 e. The Bertz CT molecular complexity index is 241. The summed E-state index contributed by atoms with van der Waals surface area (Å²) in [5, 5.41) is 21.6. The second-order valence-electron chi connectivity index (χ2n) is 2.74. The van der Waals surface area contributed by atoms with Crippen molar-refractivity contribution in [2.75, 3.05) is 19.6 Å². The van der Waals surface area contributed by atoms with Crippen LogP contribution in [0, 0.1) is 0 Å². The van der Waals surface area contributed by atoms with Crippen LogP contribution in [0.15, 0.2) is 42.9 Å². The Morgan fingerprint density at radius 2 is 1.60 bits per heavy atom. The first-order chi connectivity index (χ1) is 7.50. The third-order valence-electron chi connectivity index (χ3n) is 1.50.